The Morgan fingerprint density at radius 1 is 1.29 bits per heavy atom. The number of hydrogen-bond donors (Lipinski definition) is 3. The lowest BCUT2D eigenvalue weighted by Gasteiger charge is -2.10. The van der Waals surface area contributed by atoms with Crippen molar-refractivity contribution in [3.63, 3.8) is 0 Å². The van der Waals surface area contributed by atoms with Gasteiger partial charge in [-0.3, -0.25) is 14.3 Å². The number of nitrogens with zero attached hydrogens (tertiary/aromatic N) is 3. The number of halogens is 1. The zero-order chi connectivity index (χ0) is 17.3. The fraction of sp³-hybridized carbons (Fsp3) is 0.200. The Bertz CT molecular complexity index is 916. The van der Waals surface area contributed by atoms with Crippen LogP contribution in [0.4, 0.5) is 5.82 Å². The van der Waals surface area contributed by atoms with Crippen LogP contribution in [-0.4, -0.2) is 31.6 Å². The van der Waals surface area contributed by atoms with Crippen LogP contribution in [0.5, 0.6) is 0 Å². The molecule has 124 valence electrons. The largest absolute Gasteiger partial charge is 0.340 e. The average Bonchev–Trinajstić information content (AvgIpc) is 3.12. The molecule has 0 aliphatic heterocycles. The molecule has 9 heteroatoms. The monoisotopic (exact) mass is 346 g/mol. The Morgan fingerprint density at radius 2 is 2.08 bits per heavy atom. The van der Waals surface area contributed by atoms with Gasteiger partial charge in [0.15, 0.2) is 5.82 Å². The Labute approximate surface area is 142 Å². The predicted molar refractivity (Wildman–Crippen MR) is 89.5 cm³/mol. The number of amides is 2. The summed E-state index contributed by atoms with van der Waals surface area (Å²) in [4.78, 5) is 31.3. The number of H-pyrrole nitrogens is 1. The van der Waals surface area contributed by atoms with Crippen molar-refractivity contribution in [1.82, 2.24) is 25.1 Å². The van der Waals surface area contributed by atoms with Crippen LogP contribution in [0.2, 0.25) is 5.02 Å². The molecule has 3 N–H and O–H groups in total. The van der Waals surface area contributed by atoms with Gasteiger partial charge in [-0.25, -0.2) is 4.98 Å². The lowest BCUT2D eigenvalue weighted by atomic mass is 10.3. The van der Waals surface area contributed by atoms with Gasteiger partial charge in [0, 0.05) is 24.3 Å². The van der Waals surface area contributed by atoms with E-state index in [1.807, 2.05) is 0 Å². The predicted octanol–water partition coefficient (Wildman–Crippen LogP) is 1.77. The molecule has 0 aliphatic rings. The Kier molecular flexibility index (Phi) is 4.22. The van der Waals surface area contributed by atoms with Gasteiger partial charge in [-0.1, -0.05) is 11.6 Å². The fourth-order valence-corrected chi connectivity index (χ4v) is 2.36. The SMILES string of the molecule is C[C@@H](NC(=O)C(=O)Nc1ccn(C)n1)c1nc2ccc(Cl)cc2[nH]1. The number of hydrogen-bond acceptors (Lipinski definition) is 4. The van der Waals surface area contributed by atoms with Crippen LogP contribution in [0, 0.1) is 0 Å². The van der Waals surface area contributed by atoms with Gasteiger partial charge in [0.25, 0.3) is 0 Å². The van der Waals surface area contributed by atoms with Crippen molar-refractivity contribution in [1.29, 1.82) is 0 Å². The maximum absolute atomic E-state index is 12.0. The molecular weight excluding hydrogens is 332 g/mol. The quantitative estimate of drug-likeness (QED) is 0.628. The number of aromatic nitrogens is 4. The number of rotatable bonds is 3. The van der Waals surface area contributed by atoms with Gasteiger partial charge in [0.05, 0.1) is 17.1 Å². The summed E-state index contributed by atoms with van der Waals surface area (Å²) >= 11 is 5.93. The lowest BCUT2D eigenvalue weighted by Crippen LogP contribution is -2.37. The molecule has 8 nitrogen and oxygen atoms in total. The first-order valence-electron chi connectivity index (χ1n) is 7.19. The fourth-order valence-electron chi connectivity index (χ4n) is 2.19. The van der Waals surface area contributed by atoms with Gasteiger partial charge in [0.2, 0.25) is 0 Å². The van der Waals surface area contributed by atoms with E-state index in [-0.39, 0.29) is 0 Å². The molecule has 2 amide bonds. The van der Waals surface area contributed by atoms with Gasteiger partial charge >= 0.3 is 11.8 Å². The van der Waals surface area contributed by atoms with Crippen molar-refractivity contribution < 1.29 is 9.59 Å². The molecule has 0 bridgehead atoms. The Balaban J connectivity index is 1.67. The third kappa shape index (κ3) is 3.38. The number of benzene rings is 1. The summed E-state index contributed by atoms with van der Waals surface area (Å²) in [6.45, 7) is 1.73. The number of nitrogens with one attached hydrogen (secondary N) is 3. The highest BCUT2D eigenvalue weighted by Gasteiger charge is 2.20. The van der Waals surface area contributed by atoms with Gasteiger partial charge in [0.1, 0.15) is 5.82 Å². The van der Waals surface area contributed by atoms with Crippen molar-refractivity contribution in [3.8, 4) is 0 Å². The first kappa shape index (κ1) is 16.0. The van der Waals surface area contributed by atoms with E-state index in [0.29, 0.717) is 16.7 Å². The topological polar surface area (TPSA) is 105 Å². The number of imidazole rings is 1. The first-order valence-corrected chi connectivity index (χ1v) is 7.57. The second-order valence-electron chi connectivity index (χ2n) is 5.31. The molecule has 2 aromatic heterocycles. The van der Waals surface area contributed by atoms with Crippen molar-refractivity contribution in [2.75, 3.05) is 5.32 Å². The lowest BCUT2D eigenvalue weighted by molar-refractivity contribution is -0.136. The second kappa shape index (κ2) is 6.32. The molecule has 0 spiro atoms. The van der Waals surface area contributed by atoms with Crippen molar-refractivity contribution in [3.05, 3.63) is 41.3 Å². The summed E-state index contributed by atoms with van der Waals surface area (Å²) < 4.78 is 1.52. The summed E-state index contributed by atoms with van der Waals surface area (Å²) in [6, 6.07) is 6.38. The molecule has 0 aliphatic carbocycles. The van der Waals surface area contributed by atoms with E-state index in [1.54, 1.807) is 44.4 Å². The Hall–Kier alpha value is -2.87. The van der Waals surface area contributed by atoms with Crippen LogP contribution in [0.1, 0.15) is 18.8 Å². The van der Waals surface area contributed by atoms with Crippen LogP contribution in [0.15, 0.2) is 30.5 Å². The maximum atomic E-state index is 12.0. The molecule has 3 rings (SSSR count). The summed E-state index contributed by atoms with van der Waals surface area (Å²) in [5.74, 6) is -0.721. The number of carbonyl (C=O) groups excluding carboxylic acids is 2. The molecular formula is C15H15ClN6O2. The minimum absolute atomic E-state index is 0.309. The number of aromatic amines is 1. The van der Waals surface area contributed by atoms with Gasteiger partial charge in [-0.05, 0) is 25.1 Å². The third-order valence-corrected chi connectivity index (χ3v) is 3.62. The standard InChI is InChI=1S/C15H15ClN6O2/c1-8(13-18-10-4-3-9(16)7-11(10)19-13)17-14(23)15(24)20-12-5-6-22(2)21-12/h3-8H,1-2H3,(H,17,23)(H,18,19)(H,20,21,24)/t8-/m1/s1. The van der Waals surface area contributed by atoms with Crippen LogP contribution in [-0.2, 0) is 16.6 Å². The molecule has 0 saturated heterocycles. The summed E-state index contributed by atoms with van der Waals surface area (Å²) in [6.07, 6.45) is 1.66. The molecule has 1 aromatic carbocycles. The number of anilines is 1. The van der Waals surface area contributed by atoms with Gasteiger partial charge in [-0.15, -0.1) is 0 Å². The van der Waals surface area contributed by atoms with Crippen molar-refractivity contribution in [2.24, 2.45) is 7.05 Å². The summed E-state index contributed by atoms with van der Waals surface area (Å²) in [5, 5.41) is 9.58. The van der Waals surface area contributed by atoms with Crippen LogP contribution >= 0.6 is 11.6 Å². The summed E-state index contributed by atoms with van der Waals surface area (Å²) in [5.41, 5.74) is 1.49. The van der Waals surface area contributed by atoms with E-state index in [1.165, 1.54) is 4.68 Å². The Morgan fingerprint density at radius 3 is 2.79 bits per heavy atom. The van der Waals surface area contributed by atoms with E-state index in [0.717, 1.165) is 11.0 Å². The van der Waals surface area contributed by atoms with Crippen molar-refractivity contribution >= 4 is 40.3 Å². The average molecular weight is 347 g/mol. The number of fused-ring (bicyclic) bond motifs is 1. The molecule has 0 fully saturated rings. The molecule has 24 heavy (non-hydrogen) atoms. The number of carbonyl (C=O) groups is 2. The first-order chi connectivity index (χ1) is 11.4. The van der Waals surface area contributed by atoms with Crippen molar-refractivity contribution in [2.45, 2.75) is 13.0 Å². The van der Waals surface area contributed by atoms with E-state index in [2.05, 4.69) is 25.7 Å². The third-order valence-electron chi connectivity index (χ3n) is 3.38. The zero-order valence-electron chi connectivity index (χ0n) is 13.0. The van der Waals surface area contributed by atoms with Crippen LogP contribution in [0.3, 0.4) is 0 Å². The smallest absolute Gasteiger partial charge is 0.314 e. The summed E-state index contributed by atoms with van der Waals surface area (Å²) in [7, 11) is 1.71. The van der Waals surface area contributed by atoms with E-state index in [9.17, 15) is 9.59 Å². The van der Waals surface area contributed by atoms with E-state index < -0.39 is 17.9 Å². The molecule has 0 radical (unpaired) electrons. The van der Waals surface area contributed by atoms with Gasteiger partial charge in [-0.2, -0.15) is 5.10 Å². The zero-order valence-corrected chi connectivity index (χ0v) is 13.8. The second-order valence-corrected chi connectivity index (χ2v) is 5.74. The highest BCUT2D eigenvalue weighted by atomic mass is 35.5. The maximum Gasteiger partial charge on any atom is 0.314 e. The highest BCUT2D eigenvalue weighted by molar-refractivity contribution is 6.39. The highest BCUT2D eigenvalue weighted by Crippen LogP contribution is 2.19. The van der Waals surface area contributed by atoms with E-state index >= 15 is 0 Å². The minimum Gasteiger partial charge on any atom is -0.340 e. The minimum atomic E-state index is -0.792. The van der Waals surface area contributed by atoms with Gasteiger partial charge < -0.3 is 15.6 Å². The number of aryl methyl sites for hydroxylation is 1. The van der Waals surface area contributed by atoms with Crippen LogP contribution < -0.4 is 10.6 Å². The van der Waals surface area contributed by atoms with E-state index in [4.69, 9.17) is 11.6 Å². The molecule has 3 aromatic rings. The molecule has 0 saturated carbocycles. The van der Waals surface area contributed by atoms with Crippen LogP contribution in [0.25, 0.3) is 11.0 Å². The molecule has 2 heterocycles. The molecule has 1 atom stereocenters. The molecule has 0 unspecified atom stereocenters. The normalized spacial score (nSPS) is 12.1.